The highest BCUT2D eigenvalue weighted by Gasteiger charge is 2.45. The summed E-state index contributed by atoms with van der Waals surface area (Å²) in [4.78, 5) is 0. The maximum Gasteiger partial charge on any atom is 0.251 e. The minimum Gasteiger partial charge on any atom is -0.229 e. The SMILES string of the molecule is NS(=O)(=O)CC1CCCC1(F)F. The molecule has 0 bridgehead atoms. The Kier molecular flexibility index (Phi) is 2.40. The fourth-order valence-electron chi connectivity index (χ4n) is 1.49. The second-order valence-electron chi connectivity index (χ2n) is 3.18. The Hall–Kier alpha value is -0.230. The van der Waals surface area contributed by atoms with Crippen LogP contribution in [0.3, 0.4) is 0 Å². The highest BCUT2D eigenvalue weighted by molar-refractivity contribution is 7.89. The normalized spacial score (nSPS) is 29.1. The van der Waals surface area contributed by atoms with Crippen LogP contribution in [0.2, 0.25) is 0 Å². The Morgan fingerprint density at radius 3 is 2.42 bits per heavy atom. The molecule has 1 rings (SSSR count). The van der Waals surface area contributed by atoms with Gasteiger partial charge in [-0.3, -0.25) is 0 Å². The molecule has 0 radical (unpaired) electrons. The Morgan fingerprint density at radius 1 is 1.50 bits per heavy atom. The quantitative estimate of drug-likeness (QED) is 0.712. The van der Waals surface area contributed by atoms with Gasteiger partial charge in [-0.05, 0) is 12.8 Å². The third kappa shape index (κ3) is 2.38. The molecule has 1 unspecified atom stereocenters. The van der Waals surface area contributed by atoms with E-state index < -0.39 is 27.6 Å². The van der Waals surface area contributed by atoms with Crippen molar-refractivity contribution in [1.82, 2.24) is 0 Å². The standard InChI is InChI=1S/C6H11F2NO2S/c7-6(8)3-1-2-5(6)4-12(9,10)11/h5H,1-4H2,(H2,9,10,11). The molecule has 0 spiro atoms. The second-order valence-corrected chi connectivity index (χ2v) is 4.84. The van der Waals surface area contributed by atoms with Crippen molar-refractivity contribution >= 4 is 10.0 Å². The van der Waals surface area contributed by atoms with Gasteiger partial charge in [0.15, 0.2) is 0 Å². The number of rotatable bonds is 2. The number of sulfonamides is 1. The Bertz CT molecular complexity index is 263. The van der Waals surface area contributed by atoms with E-state index in [4.69, 9.17) is 0 Å². The molecular formula is C6H11F2NO2S. The zero-order chi connectivity index (χ0) is 9.41. The largest absolute Gasteiger partial charge is 0.251 e. The Morgan fingerprint density at radius 2 is 2.08 bits per heavy atom. The van der Waals surface area contributed by atoms with E-state index in [1.165, 1.54) is 0 Å². The van der Waals surface area contributed by atoms with Crippen LogP contribution in [0.1, 0.15) is 19.3 Å². The molecule has 0 heterocycles. The minimum absolute atomic E-state index is 0.215. The number of hydrogen-bond donors (Lipinski definition) is 1. The first-order valence-electron chi connectivity index (χ1n) is 3.69. The van der Waals surface area contributed by atoms with Crippen LogP contribution in [-0.4, -0.2) is 20.1 Å². The predicted octanol–water partition coefficient (Wildman–Crippen LogP) is 0.710. The molecule has 1 saturated carbocycles. The first-order valence-corrected chi connectivity index (χ1v) is 5.41. The monoisotopic (exact) mass is 199 g/mol. The summed E-state index contributed by atoms with van der Waals surface area (Å²) in [6.45, 7) is 0. The summed E-state index contributed by atoms with van der Waals surface area (Å²) in [7, 11) is -3.76. The van der Waals surface area contributed by atoms with Crippen LogP contribution in [0.15, 0.2) is 0 Å². The molecule has 0 aliphatic heterocycles. The van der Waals surface area contributed by atoms with Crippen LogP contribution < -0.4 is 5.14 Å². The molecule has 0 saturated heterocycles. The summed E-state index contributed by atoms with van der Waals surface area (Å²) in [5, 5.41) is 4.68. The van der Waals surface area contributed by atoms with Crippen molar-refractivity contribution < 1.29 is 17.2 Å². The highest BCUT2D eigenvalue weighted by atomic mass is 32.2. The summed E-state index contributed by atoms with van der Waals surface area (Å²) >= 11 is 0. The van der Waals surface area contributed by atoms with E-state index in [1.54, 1.807) is 0 Å². The lowest BCUT2D eigenvalue weighted by Crippen LogP contribution is -2.31. The van der Waals surface area contributed by atoms with Gasteiger partial charge in [-0.1, -0.05) is 0 Å². The summed E-state index contributed by atoms with van der Waals surface area (Å²) in [6, 6.07) is 0. The highest BCUT2D eigenvalue weighted by Crippen LogP contribution is 2.40. The van der Waals surface area contributed by atoms with Gasteiger partial charge >= 0.3 is 0 Å². The topological polar surface area (TPSA) is 60.2 Å². The lowest BCUT2D eigenvalue weighted by atomic mass is 10.1. The molecule has 3 nitrogen and oxygen atoms in total. The molecule has 0 aromatic carbocycles. The zero-order valence-electron chi connectivity index (χ0n) is 6.46. The molecule has 12 heavy (non-hydrogen) atoms. The minimum atomic E-state index is -3.76. The maximum atomic E-state index is 12.8. The van der Waals surface area contributed by atoms with Crippen LogP contribution in [0.25, 0.3) is 0 Å². The molecule has 6 heteroatoms. The lowest BCUT2D eigenvalue weighted by Gasteiger charge is -2.17. The fraction of sp³-hybridized carbons (Fsp3) is 1.00. The zero-order valence-corrected chi connectivity index (χ0v) is 7.28. The van der Waals surface area contributed by atoms with Gasteiger partial charge in [-0.2, -0.15) is 0 Å². The molecular weight excluding hydrogens is 188 g/mol. The summed E-state index contributed by atoms with van der Waals surface area (Å²) in [6.07, 6.45) is 0.420. The van der Waals surface area contributed by atoms with Crippen molar-refractivity contribution in [3.05, 3.63) is 0 Å². The molecule has 1 aliphatic carbocycles. The fourth-order valence-corrected chi connectivity index (χ4v) is 2.46. The summed E-state index contributed by atoms with van der Waals surface area (Å²) < 4.78 is 46.7. The first kappa shape index (κ1) is 9.85. The van der Waals surface area contributed by atoms with Gasteiger partial charge in [0.2, 0.25) is 10.0 Å². The summed E-state index contributed by atoms with van der Waals surface area (Å²) in [5.41, 5.74) is 0. The van der Waals surface area contributed by atoms with Gasteiger partial charge in [-0.15, -0.1) is 0 Å². The van der Waals surface area contributed by atoms with Gasteiger partial charge in [0.25, 0.3) is 5.92 Å². The molecule has 0 amide bonds. The van der Waals surface area contributed by atoms with Gasteiger partial charge in [0.05, 0.1) is 5.75 Å². The van der Waals surface area contributed by atoms with E-state index in [2.05, 4.69) is 5.14 Å². The van der Waals surface area contributed by atoms with E-state index in [9.17, 15) is 17.2 Å². The van der Waals surface area contributed by atoms with Crippen molar-refractivity contribution in [2.75, 3.05) is 5.75 Å². The van der Waals surface area contributed by atoms with Gasteiger partial charge in [0.1, 0.15) is 0 Å². The molecule has 1 fully saturated rings. The average molecular weight is 199 g/mol. The van der Waals surface area contributed by atoms with E-state index in [0.717, 1.165) is 0 Å². The molecule has 0 aromatic rings. The van der Waals surface area contributed by atoms with Gasteiger partial charge in [0, 0.05) is 12.3 Å². The average Bonchev–Trinajstić information content (AvgIpc) is 2.07. The first-order chi connectivity index (χ1) is 5.31. The Labute approximate surface area is 70.0 Å². The van der Waals surface area contributed by atoms with Crippen LogP contribution in [-0.2, 0) is 10.0 Å². The maximum absolute atomic E-state index is 12.8. The third-order valence-electron chi connectivity index (χ3n) is 2.09. The third-order valence-corrected chi connectivity index (χ3v) is 2.96. The van der Waals surface area contributed by atoms with Crippen molar-refractivity contribution in [3.8, 4) is 0 Å². The number of hydrogen-bond acceptors (Lipinski definition) is 2. The van der Waals surface area contributed by atoms with Crippen molar-refractivity contribution in [2.24, 2.45) is 11.1 Å². The molecule has 1 atom stereocenters. The molecule has 1 aliphatic rings. The lowest BCUT2D eigenvalue weighted by molar-refractivity contribution is -0.0287. The van der Waals surface area contributed by atoms with Crippen molar-refractivity contribution in [3.63, 3.8) is 0 Å². The van der Waals surface area contributed by atoms with Crippen LogP contribution in [0.5, 0.6) is 0 Å². The number of nitrogens with two attached hydrogens (primary N) is 1. The number of primary sulfonamides is 1. The number of halogens is 2. The van der Waals surface area contributed by atoms with Crippen molar-refractivity contribution in [1.29, 1.82) is 0 Å². The number of alkyl halides is 2. The Balaban J connectivity index is 2.65. The van der Waals surface area contributed by atoms with Crippen LogP contribution >= 0.6 is 0 Å². The molecule has 72 valence electrons. The van der Waals surface area contributed by atoms with Crippen molar-refractivity contribution in [2.45, 2.75) is 25.2 Å². The summed E-state index contributed by atoms with van der Waals surface area (Å²) in [5.74, 6) is -4.51. The van der Waals surface area contributed by atoms with E-state index >= 15 is 0 Å². The molecule has 2 N–H and O–H groups in total. The van der Waals surface area contributed by atoms with Crippen LogP contribution in [0.4, 0.5) is 8.78 Å². The van der Waals surface area contributed by atoms with E-state index in [0.29, 0.717) is 6.42 Å². The second kappa shape index (κ2) is 2.92. The van der Waals surface area contributed by atoms with Crippen LogP contribution in [0, 0.1) is 5.92 Å². The predicted molar refractivity (Wildman–Crippen MR) is 40.3 cm³/mol. The molecule has 0 aromatic heterocycles. The van der Waals surface area contributed by atoms with E-state index in [-0.39, 0.29) is 12.8 Å². The van der Waals surface area contributed by atoms with Gasteiger partial charge < -0.3 is 0 Å². The van der Waals surface area contributed by atoms with E-state index in [1.807, 2.05) is 0 Å². The van der Waals surface area contributed by atoms with Gasteiger partial charge in [-0.25, -0.2) is 22.3 Å². The smallest absolute Gasteiger partial charge is 0.229 e.